The lowest BCUT2D eigenvalue weighted by atomic mass is 9.91. The first-order chi connectivity index (χ1) is 16.2. The minimum absolute atomic E-state index is 0.238. The molecule has 10 heteroatoms. The maximum absolute atomic E-state index is 13.4. The van der Waals surface area contributed by atoms with Gasteiger partial charge in [0.2, 0.25) is 0 Å². The van der Waals surface area contributed by atoms with E-state index < -0.39 is 47.2 Å². The van der Waals surface area contributed by atoms with Crippen molar-refractivity contribution in [3.8, 4) is 0 Å². The molecule has 0 saturated carbocycles. The Kier molecular flexibility index (Phi) is 12.3. The smallest absolute Gasteiger partial charge is 0.329 e. The summed E-state index contributed by atoms with van der Waals surface area (Å²) in [5.41, 5.74) is -1.02. The molecular weight excluding hydrogens is 493 g/mol. The molecule has 0 aliphatic rings. The molecule has 1 rings (SSSR count). The summed E-state index contributed by atoms with van der Waals surface area (Å²) in [4.78, 5) is 41.2. The van der Waals surface area contributed by atoms with Crippen LogP contribution in [0, 0.1) is 5.92 Å². The third kappa shape index (κ3) is 11.5. The molecule has 0 heterocycles. The molecular formula is C25H39Cl2N3O5. The second-order valence-corrected chi connectivity index (χ2v) is 11.0. The van der Waals surface area contributed by atoms with Crippen molar-refractivity contribution < 1.29 is 23.9 Å². The second kappa shape index (κ2) is 13.9. The van der Waals surface area contributed by atoms with Gasteiger partial charge in [0, 0.05) is 36.5 Å². The van der Waals surface area contributed by atoms with E-state index in [-0.39, 0.29) is 11.8 Å². The predicted octanol–water partition coefficient (Wildman–Crippen LogP) is 4.64. The van der Waals surface area contributed by atoms with Gasteiger partial charge in [-0.1, -0.05) is 25.1 Å². The molecule has 2 unspecified atom stereocenters. The van der Waals surface area contributed by atoms with E-state index in [0.29, 0.717) is 18.8 Å². The van der Waals surface area contributed by atoms with Crippen LogP contribution in [0.4, 0.5) is 10.5 Å². The lowest BCUT2D eigenvalue weighted by Gasteiger charge is -2.38. The Morgan fingerprint density at radius 2 is 1.37 bits per heavy atom. The molecule has 0 spiro atoms. The number of halogens is 2. The van der Waals surface area contributed by atoms with Gasteiger partial charge in [-0.25, -0.2) is 9.59 Å². The van der Waals surface area contributed by atoms with Crippen LogP contribution >= 0.6 is 23.2 Å². The minimum Gasteiger partial charge on any atom is -0.459 e. The van der Waals surface area contributed by atoms with Crippen molar-refractivity contribution in [1.82, 2.24) is 10.2 Å². The van der Waals surface area contributed by atoms with E-state index in [9.17, 15) is 14.4 Å². The van der Waals surface area contributed by atoms with E-state index in [1.54, 1.807) is 77.6 Å². The van der Waals surface area contributed by atoms with Gasteiger partial charge in [-0.15, -0.1) is 23.2 Å². The molecule has 0 aliphatic carbocycles. The van der Waals surface area contributed by atoms with Crippen molar-refractivity contribution >= 4 is 46.9 Å². The zero-order valence-electron chi connectivity index (χ0n) is 21.7. The number of hydrogen-bond donors (Lipinski definition) is 2. The highest BCUT2D eigenvalue weighted by Crippen LogP contribution is 2.23. The number of carbonyl (C=O) groups is 3. The van der Waals surface area contributed by atoms with Crippen molar-refractivity contribution in [2.24, 2.45) is 5.92 Å². The Morgan fingerprint density at radius 1 is 0.886 bits per heavy atom. The monoisotopic (exact) mass is 531 g/mol. The lowest BCUT2D eigenvalue weighted by molar-refractivity contribution is -0.166. The van der Waals surface area contributed by atoms with Gasteiger partial charge in [-0.2, -0.15) is 0 Å². The number of urea groups is 1. The molecule has 2 amide bonds. The summed E-state index contributed by atoms with van der Waals surface area (Å²) in [6.07, 6.45) is 0. The molecule has 198 valence electrons. The van der Waals surface area contributed by atoms with Crippen molar-refractivity contribution in [3.05, 3.63) is 30.3 Å². The molecule has 3 atom stereocenters. The lowest BCUT2D eigenvalue weighted by Crippen LogP contribution is -2.58. The molecule has 35 heavy (non-hydrogen) atoms. The highest BCUT2D eigenvalue weighted by Gasteiger charge is 2.42. The maximum Gasteiger partial charge on any atom is 0.329 e. The number of nitrogens with zero attached hydrogens (tertiary/aromatic N) is 1. The largest absolute Gasteiger partial charge is 0.459 e. The van der Waals surface area contributed by atoms with E-state index in [4.69, 9.17) is 32.7 Å². The van der Waals surface area contributed by atoms with Gasteiger partial charge in [0.15, 0.2) is 0 Å². The number of nitrogens with one attached hydrogen (secondary N) is 2. The summed E-state index contributed by atoms with van der Waals surface area (Å²) in [6.45, 7) is 12.8. The van der Waals surface area contributed by atoms with Crippen molar-refractivity contribution in [2.45, 2.75) is 71.8 Å². The number of alkyl halides is 2. The summed E-state index contributed by atoms with van der Waals surface area (Å²) < 4.78 is 11.3. The van der Waals surface area contributed by atoms with Crippen LogP contribution in [-0.2, 0) is 19.1 Å². The summed E-state index contributed by atoms with van der Waals surface area (Å²) >= 11 is 12.0. The number of ether oxygens (including phenoxy) is 2. The minimum atomic E-state index is -1.16. The third-order valence-corrected chi connectivity index (χ3v) is 5.13. The predicted molar refractivity (Wildman–Crippen MR) is 140 cm³/mol. The highest BCUT2D eigenvalue weighted by molar-refractivity contribution is 6.18. The van der Waals surface area contributed by atoms with E-state index in [1.165, 1.54) is 0 Å². The number of rotatable bonds is 11. The molecule has 0 bridgehead atoms. The standard InChI is InChI=1S/C25H39Cl2N3O5/c1-17(20(22(32)35-25(5,6)7)30(15-13-26)16-14-27)19(21(31)34-24(2,3)4)29-23(33)28-18-11-9-8-10-12-18/h8-12,17,19-20H,13-16H2,1-7H3,(H2,28,29,33)/t17?,19-,20?/m0/s1. The average molecular weight is 533 g/mol. The molecule has 0 saturated heterocycles. The Balaban J connectivity index is 3.36. The van der Waals surface area contributed by atoms with Crippen molar-refractivity contribution in [3.63, 3.8) is 0 Å². The number of amides is 2. The number of carbonyl (C=O) groups excluding carboxylic acids is 3. The molecule has 0 aliphatic heterocycles. The topological polar surface area (TPSA) is 97.0 Å². The SMILES string of the molecule is CC(C(C(=O)OC(C)(C)C)N(CCCl)CCCl)[C@H](NC(=O)Nc1ccccc1)C(=O)OC(C)(C)C. The van der Waals surface area contributed by atoms with Crippen LogP contribution in [0.1, 0.15) is 48.5 Å². The summed E-state index contributed by atoms with van der Waals surface area (Å²) in [5.74, 6) is -1.48. The van der Waals surface area contributed by atoms with Crippen LogP contribution in [0.5, 0.6) is 0 Å². The molecule has 8 nitrogen and oxygen atoms in total. The van der Waals surface area contributed by atoms with Crippen LogP contribution in [-0.4, -0.2) is 71.0 Å². The number of hydrogen-bond acceptors (Lipinski definition) is 6. The zero-order valence-corrected chi connectivity index (χ0v) is 23.2. The Bertz CT molecular complexity index is 819. The molecule has 0 fully saturated rings. The van der Waals surface area contributed by atoms with Crippen LogP contribution in [0.25, 0.3) is 0 Å². The number of benzene rings is 1. The molecule has 1 aromatic carbocycles. The van der Waals surface area contributed by atoms with Crippen LogP contribution in [0.15, 0.2) is 30.3 Å². The molecule has 2 N–H and O–H groups in total. The van der Waals surface area contributed by atoms with Gasteiger partial charge in [0.25, 0.3) is 0 Å². The van der Waals surface area contributed by atoms with Crippen LogP contribution in [0.3, 0.4) is 0 Å². The summed E-state index contributed by atoms with van der Waals surface area (Å²) in [7, 11) is 0. The zero-order chi connectivity index (χ0) is 26.8. The van der Waals surface area contributed by atoms with Gasteiger partial charge in [-0.05, 0) is 53.7 Å². The van der Waals surface area contributed by atoms with E-state index in [1.807, 2.05) is 6.07 Å². The fourth-order valence-corrected chi connectivity index (χ4v) is 3.88. The number of esters is 2. The van der Waals surface area contributed by atoms with E-state index in [2.05, 4.69) is 10.6 Å². The van der Waals surface area contributed by atoms with Crippen molar-refractivity contribution in [2.75, 3.05) is 30.2 Å². The maximum atomic E-state index is 13.4. The quantitative estimate of drug-likeness (QED) is 0.318. The normalized spacial score (nSPS) is 14.6. The Hall–Kier alpha value is -2.03. The van der Waals surface area contributed by atoms with Gasteiger partial charge in [0.1, 0.15) is 23.3 Å². The molecule has 0 radical (unpaired) electrons. The van der Waals surface area contributed by atoms with E-state index >= 15 is 0 Å². The summed E-state index contributed by atoms with van der Waals surface area (Å²) in [6, 6.07) is 6.13. The number of anilines is 1. The Morgan fingerprint density at radius 3 is 1.83 bits per heavy atom. The van der Waals surface area contributed by atoms with Crippen LogP contribution in [0.2, 0.25) is 0 Å². The van der Waals surface area contributed by atoms with E-state index in [0.717, 1.165) is 0 Å². The third-order valence-electron chi connectivity index (χ3n) is 4.79. The molecule has 1 aromatic rings. The van der Waals surface area contributed by atoms with Gasteiger partial charge in [0.05, 0.1) is 0 Å². The first-order valence-corrected chi connectivity index (χ1v) is 12.7. The van der Waals surface area contributed by atoms with Gasteiger partial charge < -0.3 is 20.1 Å². The average Bonchev–Trinajstić information content (AvgIpc) is 2.70. The second-order valence-electron chi connectivity index (χ2n) is 10.2. The van der Waals surface area contributed by atoms with Crippen LogP contribution < -0.4 is 10.6 Å². The van der Waals surface area contributed by atoms with Gasteiger partial charge >= 0.3 is 18.0 Å². The van der Waals surface area contributed by atoms with Crippen molar-refractivity contribution in [1.29, 1.82) is 0 Å². The first kappa shape index (κ1) is 31.0. The molecule has 0 aromatic heterocycles. The van der Waals surface area contributed by atoms with Gasteiger partial charge in [-0.3, -0.25) is 9.69 Å². The fourth-order valence-electron chi connectivity index (χ4n) is 3.45. The Labute approximate surface area is 219 Å². The highest BCUT2D eigenvalue weighted by atomic mass is 35.5. The number of para-hydroxylation sites is 1. The first-order valence-electron chi connectivity index (χ1n) is 11.6. The summed E-state index contributed by atoms with van der Waals surface area (Å²) in [5, 5.41) is 5.40. The fraction of sp³-hybridized carbons (Fsp3) is 0.640.